The molecule has 0 unspecified atom stereocenters. The van der Waals surface area contributed by atoms with Gasteiger partial charge in [0.15, 0.2) is 16.6 Å². The molecule has 0 radical (unpaired) electrons. The van der Waals surface area contributed by atoms with E-state index < -0.39 is 18.4 Å². The van der Waals surface area contributed by atoms with Crippen molar-refractivity contribution in [3.63, 3.8) is 0 Å². The highest BCUT2D eigenvalue weighted by Gasteiger charge is 2.47. The van der Waals surface area contributed by atoms with Gasteiger partial charge in [-0.15, -0.1) is 0 Å². The number of anilines is 4. The smallest absolute Gasteiger partial charge is 0.308 e. The average Bonchev–Trinajstić information content (AvgIpc) is 3.36. The Hall–Kier alpha value is -3.58. The number of amides is 1. The van der Waals surface area contributed by atoms with Crippen molar-refractivity contribution in [3.05, 3.63) is 51.8 Å². The summed E-state index contributed by atoms with van der Waals surface area (Å²) in [6.07, 6.45) is 4.07. The van der Waals surface area contributed by atoms with E-state index >= 15 is 0 Å². The summed E-state index contributed by atoms with van der Waals surface area (Å²) < 4.78 is 29.2. The number of benzene rings is 1. The number of alkyl halides is 2. The van der Waals surface area contributed by atoms with Crippen LogP contribution in [0.25, 0.3) is 0 Å². The zero-order valence-electron chi connectivity index (χ0n) is 20.0. The molecule has 1 atom stereocenters. The molecule has 1 saturated heterocycles. The summed E-state index contributed by atoms with van der Waals surface area (Å²) >= 11 is 0.943. The van der Waals surface area contributed by atoms with Gasteiger partial charge >= 0.3 is 5.92 Å². The average molecular weight is 528 g/mol. The van der Waals surface area contributed by atoms with Crippen LogP contribution in [0.4, 0.5) is 31.2 Å². The topological polar surface area (TPSA) is 166 Å². The Labute approximate surface area is 215 Å². The molecule has 194 valence electrons. The molecule has 0 saturated carbocycles. The van der Waals surface area contributed by atoms with Gasteiger partial charge in [-0.2, -0.15) is 8.78 Å². The van der Waals surface area contributed by atoms with Gasteiger partial charge < -0.3 is 32.7 Å². The summed E-state index contributed by atoms with van der Waals surface area (Å²) in [6.45, 7) is 0.538. The molecule has 2 aliphatic heterocycles. The Balaban J connectivity index is 1.16. The van der Waals surface area contributed by atoms with Crippen molar-refractivity contribution in [2.24, 2.45) is 11.1 Å². The summed E-state index contributed by atoms with van der Waals surface area (Å²) in [5.74, 6) is -3.57. The van der Waals surface area contributed by atoms with Crippen LogP contribution in [-0.2, 0) is 18.9 Å². The van der Waals surface area contributed by atoms with Crippen LogP contribution in [0.15, 0.2) is 24.4 Å². The molecule has 1 spiro atoms. The molecule has 1 aromatic carbocycles. The van der Waals surface area contributed by atoms with Crippen molar-refractivity contribution < 1.29 is 13.6 Å². The molecule has 37 heavy (non-hydrogen) atoms. The Kier molecular flexibility index (Phi) is 5.28. The minimum Gasteiger partial charge on any atom is -0.399 e. The van der Waals surface area contributed by atoms with Gasteiger partial charge in [0.2, 0.25) is 0 Å². The van der Waals surface area contributed by atoms with Crippen LogP contribution >= 0.6 is 11.3 Å². The van der Waals surface area contributed by atoms with E-state index in [9.17, 15) is 13.6 Å². The number of nitrogens with zero attached hydrogens (tertiary/aromatic N) is 5. The lowest BCUT2D eigenvalue weighted by Gasteiger charge is -2.42. The maximum absolute atomic E-state index is 14.6. The number of hydrogen-bond acceptors (Lipinski definition) is 10. The fourth-order valence-corrected chi connectivity index (χ4v) is 6.78. The second kappa shape index (κ2) is 8.21. The third-order valence-electron chi connectivity index (χ3n) is 7.85. The summed E-state index contributed by atoms with van der Waals surface area (Å²) in [6, 6.07) is 5.88. The lowest BCUT2D eigenvalue weighted by Crippen LogP contribution is -2.45. The van der Waals surface area contributed by atoms with E-state index in [2.05, 4.69) is 19.9 Å². The summed E-state index contributed by atoms with van der Waals surface area (Å²) in [5.41, 5.74) is 26.9. The third-order valence-corrected chi connectivity index (χ3v) is 8.72. The number of nitrogens with two attached hydrogens (primary N) is 4. The fraction of sp³-hybridized carbons (Fsp3) is 0.417. The van der Waals surface area contributed by atoms with Gasteiger partial charge in [-0.3, -0.25) is 4.79 Å². The van der Waals surface area contributed by atoms with Crippen LogP contribution in [0.2, 0.25) is 0 Å². The quantitative estimate of drug-likeness (QED) is 0.366. The number of carbonyl (C=O) groups excluding carboxylic acids is 1. The molecule has 3 aliphatic rings. The Morgan fingerprint density at radius 1 is 1.14 bits per heavy atom. The molecule has 1 amide bonds. The first kappa shape index (κ1) is 23.8. The molecular weight excluding hydrogens is 500 g/mol. The third kappa shape index (κ3) is 3.84. The highest BCUT2D eigenvalue weighted by atomic mass is 32.1. The van der Waals surface area contributed by atoms with Crippen LogP contribution in [0.5, 0.6) is 0 Å². The summed E-state index contributed by atoms with van der Waals surface area (Å²) in [7, 11) is 0. The standard InChI is InChI=1S/C24H27F2N9OS/c25-24(26)11-35(10-15-19(24)33-22(30)37-15)21(36)17-20(29)32-16(9-31-17)34-5-3-23(4-6-34)8-12-7-13(27)1-2-14(12)18(23)28/h1-2,7,9,18H,3-6,8,10-11,27-28H2,(H2,29,32)(H2,30,33)/t18-/m0/s1. The van der Waals surface area contributed by atoms with Crippen LogP contribution in [-0.4, -0.2) is 45.4 Å². The fourth-order valence-electron chi connectivity index (χ4n) is 5.88. The zero-order valence-corrected chi connectivity index (χ0v) is 20.8. The highest BCUT2D eigenvalue weighted by molar-refractivity contribution is 7.15. The maximum Gasteiger partial charge on any atom is 0.308 e. The minimum absolute atomic E-state index is 0.0377. The number of thiazole rings is 1. The molecule has 6 rings (SSSR count). The van der Waals surface area contributed by atoms with Crippen LogP contribution in [0.1, 0.15) is 51.1 Å². The van der Waals surface area contributed by atoms with Gasteiger partial charge in [-0.05, 0) is 47.9 Å². The number of fused-ring (bicyclic) bond motifs is 2. The van der Waals surface area contributed by atoms with Crippen molar-refractivity contribution in [2.75, 3.05) is 41.7 Å². The number of hydrogen-bond donors (Lipinski definition) is 4. The molecule has 1 fully saturated rings. The Morgan fingerprint density at radius 2 is 1.89 bits per heavy atom. The molecule has 1 aliphatic carbocycles. The normalized spacial score (nSPS) is 21.6. The molecule has 3 aromatic rings. The summed E-state index contributed by atoms with van der Waals surface area (Å²) in [4.78, 5) is 28.8. The Bertz CT molecular complexity index is 1400. The molecular formula is C24H27F2N9OS. The summed E-state index contributed by atoms with van der Waals surface area (Å²) in [5, 5.41) is 0.0394. The lowest BCUT2D eigenvalue weighted by atomic mass is 9.73. The first-order chi connectivity index (χ1) is 17.6. The van der Waals surface area contributed by atoms with E-state index in [4.69, 9.17) is 22.9 Å². The van der Waals surface area contributed by atoms with E-state index in [0.29, 0.717) is 18.9 Å². The SMILES string of the molecule is Nc1ccc2c(c1)CC1(CCN(c3cnc(C(=O)N4Cc5sc(N)nc5C(F)(F)C4)c(N)n3)CC1)[C@H]2N. The largest absolute Gasteiger partial charge is 0.399 e. The first-order valence-corrected chi connectivity index (χ1v) is 12.8. The van der Waals surface area contributed by atoms with Crippen LogP contribution in [0, 0.1) is 5.41 Å². The van der Waals surface area contributed by atoms with E-state index in [1.165, 1.54) is 11.8 Å². The molecule has 2 aromatic heterocycles. The van der Waals surface area contributed by atoms with Gasteiger partial charge in [0.05, 0.1) is 24.2 Å². The monoisotopic (exact) mass is 527 g/mol. The van der Waals surface area contributed by atoms with Gasteiger partial charge in [0, 0.05) is 24.8 Å². The van der Waals surface area contributed by atoms with E-state index in [1.807, 2.05) is 18.2 Å². The first-order valence-electron chi connectivity index (χ1n) is 12.0. The zero-order chi connectivity index (χ0) is 26.1. The number of halogens is 2. The predicted molar refractivity (Wildman–Crippen MR) is 137 cm³/mol. The van der Waals surface area contributed by atoms with Crippen molar-refractivity contribution >= 4 is 39.7 Å². The van der Waals surface area contributed by atoms with Crippen LogP contribution in [0.3, 0.4) is 0 Å². The van der Waals surface area contributed by atoms with E-state index in [-0.39, 0.29) is 45.2 Å². The minimum atomic E-state index is -3.31. The second-order valence-corrected chi connectivity index (χ2v) is 11.2. The second-order valence-electron chi connectivity index (χ2n) is 10.1. The van der Waals surface area contributed by atoms with Crippen LogP contribution < -0.4 is 27.8 Å². The molecule has 0 bridgehead atoms. The predicted octanol–water partition coefficient (Wildman–Crippen LogP) is 2.27. The molecule has 8 N–H and O–H groups in total. The van der Waals surface area contributed by atoms with Gasteiger partial charge in [-0.25, -0.2) is 15.0 Å². The van der Waals surface area contributed by atoms with E-state index in [1.54, 1.807) is 0 Å². The maximum atomic E-state index is 14.6. The highest BCUT2D eigenvalue weighted by Crippen LogP contribution is 2.51. The van der Waals surface area contributed by atoms with Gasteiger partial charge in [0.25, 0.3) is 5.91 Å². The van der Waals surface area contributed by atoms with Crippen molar-refractivity contribution in [2.45, 2.75) is 37.8 Å². The molecule has 13 heteroatoms. The number of rotatable bonds is 2. The van der Waals surface area contributed by atoms with Crippen molar-refractivity contribution in [1.82, 2.24) is 19.9 Å². The van der Waals surface area contributed by atoms with Crippen molar-refractivity contribution in [3.8, 4) is 0 Å². The number of nitrogen functional groups attached to an aromatic ring is 3. The van der Waals surface area contributed by atoms with Gasteiger partial charge in [-0.1, -0.05) is 17.4 Å². The lowest BCUT2D eigenvalue weighted by molar-refractivity contribution is -0.0478. The number of piperidine rings is 1. The van der Waals surface area contributed by atoms with Crippen molar-refractivity contribution in [1.29, 1.82) is 0 Å². The molecule has 10 nitrogen and oxygen atoms in total. The van der Waals surface area contributed by atoms with E-state index in [0.717, 1.165) is 46.7 Å². The molecule has 4 heterocycles. The Morgan fingerprint density at radius 3 is 2.62 bits per heavy atom. The van der Waals surface area contributed by atoms with Gasteiger partial charge in [0.1, 0.15) is 11.5 Å². The number of carbonyl (C=O) groups is 1. The number of aromatic nitrogens is 3.